The van der Waals surface area contributed by atoms with Gasteiger partial charge in [-0.2, -0.15) is 13.2 Å². The van der Waals surface area contributed by atoms with Gasteiger partial charge in [-0.25, -0.2) is 0 Å². The maximum absolute atomic E-state index is 11.8. The Balaban J connectivity index is 2.08. The highest BCUT2D eigenvalue weighted by molar-refractivity contribution is 5.84. The Kier molecular flexibility index (Phi) is 6.73. The van der Waals surface area contributed by atoms with Crippen molar-refractivity contribution in [3.05, 3.63) is 0 Å². The fourth-order valence-electron chi connectivity index (χ4n) is 1.64. The number of nitrogens with one attached hydrogen (secondary N) is 2. The molecule has 0 saturated carbocycles. The highest BCUT2D eigenvalue weighted by Crippen LogP contribution is 2.14. The summed E-state index contributed by atoms with van der Waals surface area (Å²) in [4.78, 5) is 24.6. The van der Waals surface area contributed by atoms with Crippen LogP contribution in [0.25, 0.3) is 0 Å². The van der Waals surface area contributed by atoms with Gasteiger partial charge >= 0.3 is 6.18 Å². The Bertz CT molecular complexity index is 331. The lowest BCUT2D eigenvalue weighted by Crippen LogP contribution is -2.49. The van der Waals surface area contributed by atoms with Crippen LogP contribution in [0.5, 0.6) is 0 Å². The van der Waals surface area contributed by atoms with Crippen molar-refractivity contribution in [1.29, 1.82) is 0 Å². The van der Waals surface area contributed by atoms with E-state index in [1.807, 2.05) is 0 Å². The molecule has 0 atom stereocenters. The van der Waals surface area contributed by atoms with Crippen molar-refractivity contribution < 1.29 is 27.5 Å². The number of carbonyl (C=O) groups excluding carboxylic acids is 2. The van der Waals surface area contributed by atoms with Crippen LogP contribution >= 0.6 is 0 Å². The van der Waals surface area contributed by atoms with Gasteiger partial charge in [0.25, 0.3) is 0 Å². The second kappa shape index (κ2) is 8.05. The third-order valence-corrected chi connectivity index (χ3v) is 2.65. The molecular weight excluding hydrogens is 279 g/mol. The molecule has 0 aromatic heterocycles. The Morgan fingerprint density at radius 2 is 1.90 bits per heavy atom. The number of hydrogen-bond donors (Lipinski definition) is 2. The van der Waals surface area contributed by atoms with Gasteiger partial charge in [0.15, 0.2) is 0 Å². The molecule has 1 fully saturated rings. The lowest BCUT2D eigenvalue weighted by atomic mass is 10.3. The Morgan fingerprint density at radius 1 is 1.25 bits per heavy atom. The minimum absolute atomic E-state index is 0.141. The average Bonchev–Trinajstić information content (AvgIpc) is 2.41. The van der Waals surface area contributed by atoms with Gasteiger partial charge in [0.05, 0.1) is 13.2 Å². The molecule has 20 heavy (non-hydrogen) atoms. The number of alkyl halides is 3. The molecule has 2 N–H and O–H groups in total. The minimum atomic E-state index is -4.39. The second-order valence-electron chi connectivity index (χ2n) is 4.33. The number of amides is 2. The smallest absolute Gasteiger partial charge is 0.372 e. The van der Waals surface area contributed by atoms with Crippen molar-refractivity contribution in [3.8, 4) is 0 Å². The molecule has 9 heteroatoms. The molecule has 6 nitrogen and oxygen atoms in total. The first-order valence-corrected chi connectivity index (χ1v) is 6.28. The summed E-state index contributed by atoms with van der Waals surface area (Å²) in [6.07, 6.45) is -4.60. The topological polar surface area (TPSA) is 70.7 Å². The van der Waals surface area contributed by atoms with Gasteiger partial charge in [0, 0.05) is 32.6 Å². The third-order valence-electron chi connectivity index (χ3n) is 2.65. The lowest BCUT2D eigenvalue weighted by Gasteiger charge is -2.27. The Morgan fingerprint density at radius 3 is 2.50 bits per heavy atom. The van der Waals surface area contributed by atoms with Gasteiger partial charge in [-0.3, -0.25) is 9.59 Å². The van der Waals surface area contributed by atoms with Crippen molar-refractivity contribution in [3.63, 3.8) is 0 Å². The first-order chi connectivity index (χ1) is 9.38. The summed E-state index contributed by atoms with van der Waals surface area (Å²) in [6, 6.07) is 0. The largest absolute Gasteiger partial charge is 0.411 e. The van der Waals surface area contributed by atoms with E-state index in [0.717, 1.165) is 0 Å². The van der Waals surface area contributed by atoms with E-state index in [9.17, 15) is 22.8 Å². The molecule has 0 bridgehead atoms. The zero-order valence-electron chi connectivity index (χ0n) is 11.0. The van der Waals surface area contributed by atoms with Crippen LogP contribution in [0.4, 0.5) is 13.2 Å². The van der Waals surface area contributed by atoms with E-state index in [4.69, 9.17) is 0 Å². The summed E-state index contributed by atoms with van der Waals surface area (Å²) in [5.41, 5.74) is 0. The van der Waals surface area contributed by atoms with Crippen LogP contribution < -0.4 is 10.6 Å². The molecule has 0 unspecified atom stereocenters. The lowest BCUT2D eigenvalue weighted by molar-refractivity contribution is -0.174. The molecule has 2 amide bonds. The third kappa shape index (κ3) is 7.29. The van der Waals surface area contributed by atoms with E-state index >= 15 is 0 Å². The van der Waals surface area contributed by atoms with Crippen molar-refractivity contribution >= 4 is 11.8 Å². The number of ether oxygens (including phenoxy) is 1. The summed E-state index contributed by atoms with van der Waals surface area (Å²) in [5, 5.41) is 5.46. The predicted molar refractivity (Wildman–Crippen MR) is 64.0 cm³/mol. The van der Waals surface area contributed by atoms with Gasteiger partial charge in [-0.15, -0.1) is 0 Å². The standard InChI is InChI=1S/C11H18F3N3O3/c12-11(13,14)8-20-6-1-9(18)16-7-10(19)17-4-2-15-3-5-17/h15H,1-8H2,(H,16,18). The van der Waals surface area contributed by atoms with Crippen molar-refractivity contribution in [2.24, 2.45) is 0 Å². The molecule has 0 radical (unpaired) electrons. The fourth-order valence-corrected chi connectivity index (χ4v) is 1.64. The first kappa shape index (κ1) is 16.7. The van der Waals surface area contributed by atoms with E-state index < -0.39 is 18.7 Å². The molecule has 1 aliphatic rings. The normalized spacial score (nSPS) is 16.1. The van der Waals surface area contributed by atoms with Crippen LogP contribution in [0.15, 0.2) is 0 Å². The molecule has 0 spiro atoms. The summed E-state index contributed by atoms with van der Waals surface area (Å²) in [6.45, 7) is 0.758. The SMILES string of the molecule is O=C(CCOCC(F)(F)F)NCC(=O)N1CCNCC1. The van der Waals surface area contributed by atoms with Gasteiger partial charge in [-0.05, 0) is 0 Å². The minimum Gasteiger partial charge on any atom is -0.372 e. The summed E-state index contributed by atoms with van der Waals surface area (Å²) in [5.74, 6) is -0.702. The van der Waals surface area contributed by atoms with Crippen molar-refractivity contribution in [1.82, 2.24) is 15.5 Å². The number of nitrogens with zero attached hydrogens (tertiary/aromatic N) is 1. The van der Waals surface area contributed by atoms with Crippen LogP contribution in [0, 0.1) is 0 Å². The van der Waals surface area contributed by atoms with Crippen molar-refractivity contribution in [2.75, 3.05) is 45.9 Å². The van der Waals surface area contributed by atoms with E-state index in [-0.39, 0.29) is 25.5 Å². The fraction of sp³-hybridized carbons (Fsp3) is 0.818. The second-order valence-corrected chi connectivity index (χ2v) is 4.33. The monoisotopic (exact) mass is 297 g/mol. The van der Waals surface area contributed by atoms with E-state index in [1.165, 1.54) is 0 Å². The molecule has 0 aromatic rings. The summed E-state index contributed by atoms with van der Waals surface area (Å²) >= 11 is 0. The quantitative estimate of drug-likeness (QED) is 0.649. The zero-order valence-corrected chi connectivity index (χ0v) is 11.0. The number of piperazine rings is 1. The Hall–Kier alpha value is -1.35. The first-order valence-electron chi connectivity index (χ1n) is 6.28. The van der Waals surface area contributed by atoms with E-state index in [0.29, 0.717) is 26.2 Å². The number of carbonyl (C=O) groups is 2. The molecule has 1 aliphatic heterocycles. The van der Waals surface area contributed by atoms with Crippen LogP contribution in [0.3, 0.4) is 0 Å². The van der Waals surface area contributed by atoms with Gasteiger partial charge < -0.3 is 20.3 Å². The molecular formula is C11H18F3N3O3. The molecule has 0 aliphatic carbocycles. The van der Waals surface area contributed by atoms with Gasteiger partial charge in [0.2, 0.25) is 11.8 Å². The number of rotatable bonds is 6. The maximum atomic E-state index is 11.8. The number of hydrogen-bond acceptors (Lipinski definition) is 4. The van der Waals surface area contributed by atoms with Crippen LogP contribution in [-0.2, 0) is 14.3 Å². The molecule has 1 rings (SSSR count). The van der Waals surface area contributed by atoms with Crippen LogP contribution in [0.2, 0.25) is 0 Å². The van der Waals surface area contributed by atoms with Gasteiger partial charge in [-0.1, -0.05) is 0 Å². The van der Waals surface area contributed by atoms with E-state index in [2.05, 4.69) is 15.4 Å². The predicted octanol–water partition coefficient (Wildman–Crippen LogP) is -0.497. The highest BCUT2D eigenvalue weighted by Gasteiger charge is 2.27. The van der Waals surface area contributed by atoms with Gasteiger partial charge in [0.1, 0.15) is 6.61 Å². The zero-order chi connectivity index (χ0) is 15.0. The summed E-state index contributed by atoms with van der Waals surface area (Å²) in [7, 11) is 0. The van der Waals surface area contributed by atoms with Crippen LogP contribution in [0.1, 0.15) is 6.42 Å². The average molecular weight is 297 g/mol. The molecule has 116 valence electrons. The molecule has 0 aromatic carbocycles. The molecule has 1 saturated heterocycles. The number of halogens is 3. The maximum Gasteiger partial charge on any atom is 0.411 e. The van der Waals surface area contributed by atoms with Crippen molar-refractivity contribution in [2.45, 2.75) is 12.6 Å². The van der Waals surface area contributed by atoms with Crippen LogP contribution in [-0.4, -0.2) is 68.8 Å². The molecule has 1 heterocycles. The highest BCUT2D eigenvalue weighted by atomic mass is 19.4. The van der Waals surface area contributed by atoms with E-state index in [1.54, 1.807) is 4.90 Å². The summed E-state index contributed by atoms with van der Waals surface area (Å²) < 4.78 is 39.6. The Labute approximate surface area is 114 Å².